The van der Waals surface area contributed by atoms with E-state index in [2.05, 4.69) is 36.3 Å². The first-order valence-corrected chi connectivity index (χ1v) is 4.72. The molecule has 1 N–H and O–H groups in total. The van der Waals surface area contributed by atoms with Gasteiger partial charge in [0.2, 0.25) is 0 Å². The van der Waals surface area contributed by atoms with Gasteiger partial charge in [0.05, 0.1) is 11.9 Å². The van der Waals surface area contributed by atoms with E-state index in [-0.39, 0.29) is 0 Å². The van der Waals surface area contributed by atoms with E-state index in [0.29, 0.717) is 17.1 Å². The summed E-state index contributed by atoms with van der Waals surface area (Å²) in [6.07, 6.45) is 1.67. The SMILES string of the molecule is CC(C)C(C)Nc1cnnc(Cl)c1. The predicted molar refractivity (Wildman–Crippen MR) is 55.0 cm³/mol. The van der Waals surface area contributed by atoms with Gasteiger partial charge in [0.1, 0.15) is 0 Å². The van der Waals surface area contributed by atoms with Crippen LogP contribution in [0.15, 0.2) is 12.3 Å². The van der Waals surface area contributed by atoms with Crippen molar-refractivity contribution in [2.45, 2.75) is 26.8 Å². The summed E-state index contributed by atoms with van der Waals surface area (Å²) in [5.74, 6) is 0.576. The van der Waals surface area contributed by atoms with Crippen molar-refractivity contribution in [2.75, 3.05) is 5.32 Å². The topological polar surface area (TPSA) is 37.8 Å². The second-order valence-corrected chi connectivity index (χ2v) is 3.83. The van der Waals surface area contributed by atoms with Gasteiger partial charge in [0.25, 0.3) is 0 Å². The minimum absolute atomic E-state index is 0.403. The van der Waals surface area contributed by atoms with E-state index in [1.54, 1.807) is 12.3 Å². The first-order chi connectivity index (χ1) is 6.09. The molecule has 1 atom stereocenters. The van der Waals surface area contributed by atoms with Crippen molar-refractivity contribution in [3.05, 3.63) is 17.4 Å². The third-order valence-electron chi connectivity index (χ3n) is 2.02. The molecule has 0 amide bonds. The zero-order chi connectivity index (χ0) is 9.84. The molecule has 0 spiro atoms. The van der Waals surface area contributed by atoms with Crippen LogP contribution in [-0.4, -0.2) is 16.2 Å². The van der Waals surface area contributed by atoms with Gasteiger partial charge in [-0.15, -0.1) is 5.10 Å². The Morgan fingerprint density at radius 3 is 2.62 bits per heavy atom. The standard InChI is InChI=1S/C9H14ClN3/c1-6(2)7(3)12-8-4-9(10)13-11-5-8/h4-7H,1-3H3,(H,12,13). The average Bonchev–Trinajstić information content (AvgIpc) is 2.04. The molecule has 0 aliphatic rings. The van der Waals surface area contributed by atoms with Crippen molar-refractivity contribution < 1.29 is 0 Å². The summed E-state index contributed by atoms with van der Waals surface area (Å²) in [6.45, 7) is 6.45. The highest BCUT2D eigenvalue weighted by atomic mass is 35.5. The molecule has 1 aromatic rings. The van der Waals surface area contributed by atoms with Gasteiger partial charge < -0.3 is 5.32 Å². The van der Waals surface area contributed by atoms with Gasteiger partial charge in [-0.05, 0) is 12.8 Å². The number of nitrogens with zero attached hydrogens (tertiary/aromatic N) is 2. The van der Waals surface area contributed by atoms with E-state index in [0.717, 1.165) is 5.69 Å². The maximum Gasteiger partial charge on any atom is 0.153 e. The molecule has 0 fully saturated rings. The summed E-state index contributed by atoms with van der Waals surface area (Å²) in [7, 11) is 0. The molecule has 72 valence electrons. The van der Waals surface area contributed by atoms with Crippen LogP contribution < -0.4 is 5.32 Å². The van der Waals surface area contributed by atoms with Crippen LogP contribution in [0.3, 0.4) is 0 Å². The zero-order valence-corrected chi connectivity index (χ0v) is 8.84. The van der Waals surface area contributed by atoms with Crippen molar-refractivity contribution in [3.8, 4) is 0 Å². The molecule has 0 saturated carbocycles. The Balaban J connectivity index is 2.64. The van der Waals surface area contributed by atoms with Crippen molar-refractivity contribution in [1.82, 2.24) is 10.2 Å². The molecule has 0 bridgehead atoms. The molecule has 1 aromatic heterocycles. The fraction of sp³-hybridized carbons (Fsp3) is 0.556. The van der Waals surface area contributed by atoms with Gasteiger partial charge in [0.15, 0.2) is 5.15 Å². The van der Waals surface area contributed by atoms with Crippen LogP contribution in [0.25, 0.3) is 0 Å². The van der Waals surface area contributed by atoms with Gasteiger partial charge in [-0.1, -0.05) is 25.4 Å². The average molecular weight is 200 g/mol. The number of hydrogen-bond donors (Lipinski definition) is 1. The van der Waals surface area contributed by atoms with Gasteiger partial charge in [-0.25, -0.2) is 0 Å². The smallest absolute Gasteiger partial charge is 0.153 e. The summed E-state index contributed by atoms with van der Waals surface area (Å²) in [4.78, 5) is 0. The lowest BCUT2D eigenvalue weighted by atomic mass is 10.1. The fourth-order valence-electron chi connectivity index (χ4n) is 0.849. The molecule has 0 aliphatic carbocycles. The van der Waals surface area contributed by atoms with E-state index in [9.17, 15) is 0 Å². The molecule has 0 aliphatic heterocycles. The van der Waals surface area contributed by atoms with Crippen LogP contribution >= 0.6 is 11.6 Å². The van der Waals surface area contributed by atoms with Crippen molar-refractivity contribution in [2.24, 2.45) is 5.92 Å². The van der Waals surface area contributed by atoms with E-state index < -0.39 is 0 Å². The molecule has 1 unspecified atom stereocenters. The molecule has 0 aromatic carbocycles. The van der Waals surface area contributed by atoms with Crippen molar-refractivity contribution in [1.29, 1.82) is 0 Å². The van der Waals surface area contributed by atoms with Gasteiger partial charge in [-0.2, -0.15) is 5.10 Å². The van der Waals surface area contributed by atoms with Crippen LogP contribution in [-0.2, 0) is 0 Å². The zero-order valence-electron chi connectivity index (χ0n) is 8.08. The Labute approximate surface area is 83.5 Å². The maximum atomic E-state index is 5.69. The monoisotopic (exact) mass is 199 g/mol. The largest absolute Gasteiger partial charge is 0.381 e. The van der Waals surface area contributed by atoms with Gasteiger partial charge in [-0.3, -0.25) is 0 Å². The lowest BCUT2D eigenvalue weighted by molar-refractivity contribution is 0.559. The molecule has 0 radical (unpaired) electrons. The molecule has 0 saturated heterocycles. The Hall–Kier alpha value is -0.830. The predicted octanol–water partition coefficient (Wildman–Crippen LogP) is 2.59. The number of aromatic nitrogens is 2. The number of anilines is 1. The van der Waals surface area contributed by atoms with Crippen LogP contribution in [0.1, 0.15) is 20.8 Å². The highest BCUT2D eigenvalue weighted by Gasteiger charge is 2.06. The molecular weight excluding hydrogens is 186 g/mol. The molecular formula is C9H14ClN3. The Morgan fingerprint density at radius 2 is 2.08 bits per heavy atom. The number of nitrogens with one attached hydrogen (secondary N) is 1. The highest BCUT2D eigenvalue weighted by molar-refractivity contribution is 6.29. The minimum atomic E-state index is 0.403. The van der Waals surface area contributed by atoms with Crippen LogP contribution in [0.5, 0.6) is 0 Å². The Kier molecular flexibility index (Phi) is 3.48. The Bertz CT molecular complexity index is 275. The molecule has 13 heavy (non-hydrogen) atoms. The van der Waals surface area contributed by atoms with E-state index in [1.807, 2.05) is 0 Å². The fourth-order valence-corrected chi connectivity index (χ4v) is 1.01. The summed E-state index contributed by atoms with van der Waals surface area (Å²) in [6, 6.07) is 2.17. The first kappa shape index (κ1) is 10.3. The van der Waals surface area contributed by atoms with E-state index in [1.165, 1.54) is 0 Å². The van der Waals surface area contributed by atoms with Gasteiger partial charge in [0, 0.05) is 12.1 Å². The quantitative estimate of drug-likeness (QED) is 0.813. The van der Waals surface area contributed by atoms with E-state index in [4.69, 9.17) is 11.6 Å². The second-order valence-electron chi connectivity index (χ2n) is 3.44. The number of halogens is 1. The Morgan fingerprint density at radius 1 is 1.38 bits per heavy atom. The molecule has 1 heterocycles. The van der Waals surface area contributed by atoms with Crippen molar-refractivity contribution >= 4 is 17.3 Å². The summed E-state index contributed by atoms with van der Waals surface area (Å²) in [5.41, 5.74) is 0.918. The van der Waals surface area contributed by atoms with Crippen molar-refractivity contribution in [3.63, 3.8) is 0 Å². The lowest BCUT2D eigenvalue weighted by Crippen LogP contribution is -2.21. The van der Waals surface area contributed by atoms with E-state index >= 15 is 0 Å². The summed E-state index contributed by atoms with van der Waals surface area (Å²) in [5, 5.41) is 11.1. The highest BCUT2D eigenvalue weighted by Crippen LogP contribution is 2.13. The second kappa shape index (κ2) is 4.42. The summed E-state index contributed by atoms with van der Waals surface area (Å²) < 4.78 is 0. The number of hydrogen-bond acceptors (Lipinski definition) is 3. The molecule has 3 nitrogen and oxygen atoms in total. The third kappa shape index (κ3) is 3.19. The molecule has 4 heteroatoms. The minimum Gasteiger partial charge on any atom is -0.381 e. The third-order valence-corrected chi connectivity index (χ3v) is 2.20. The lowest BCUT2D eigenvalue weighted by Gasteiger charge is -2.18. The molecule has 1 rings (SSSR count). The van der Waals surface area contributed by atoms with Crippen LogP contribution in [0.2, 0.25) is 5.15 Å². The van der Waals surface area contributed by atoms with Crippen LogP contribution in [0.4, 0.5) is 5.69 Å². The number of rotatable bonds is 3. The summed E-state index contributed by atoms with van der Waals surface area (Å²) >= 11 is 5.69. The maximum absolute atomic E-state index is 5.69. The normalized spacial score (nSPS) is 13.0. The first-order valence-electron chi connectivity index (χ1n) is 4.34. The van der Waals surface area contributed by atoms with Gasteiger partial charge >= 0.3 is 0 Å². The van der Waals surface area contributed by atoms with Crippen LogP contribution in [0, 0.1) is 5.92 Å².